The van der Waals surface area contributed by atoms with E-state index in [0.717, 1.165) is 24.7 Å². The molecule has 0 spiro atoms. The Labute approximate surface area is 55.4 Å². The van der Waals surface area contributed by atoms with E-state index in [-0.39, 0.29) is 0 Å². The van der Waals surface area contributed by atoms with E-state index in [1.165, 1.54) is 19.3 Å². The fraction of sp³-hybridized carbons (Fsp3) is 0.875. The molecule has 0 aromatic rings. The molecule has 9 heavy (non-hydrogen) atoms. The van der Waals surface area contributed by atoms with Gasteiger partial charge in [-0.3, -0.25) is 4.79 Å². The lowest BCUT2D eigenvalue weighted by atomic mass is 10.1. The summed E-state index contributed by atoms with van der Waals surface area (Å²) >= 11 is 0. The zero-order chi connectivity index (χ0) is 6.27. The molecule has 1 nitrogen and oxygen atoms in total. The van der Waals surface area contributed by atoms with Crippen LogP contribution < -0.4 is 0 Å². The first-order valence-electron chi connectivity index (χ1n) is 3.88. The maximum atomic E-state index is 10.8. The average Bonchev–Trinajstić information content (AvgIpc) is 2.54. The first kappa shape index (κ1) is 5.45. The van der Waals surface area contributed by atoms with Gasteiger partial charge in [0.05, 0.1) is 0 Å². The minimum Gasteiger partial charge on any atom is -0.300 e. The molecule has 0 saturated heterocycles. The van der Waals surface area contributed by atoms with Gasteiger partial charge < -0.3 is 0 Å². The van der Waals surface area contributed by atoms with Crippen LogP contribution in [-0.2, 0) is 4.79 Å². The molecule has 0 bridgehead atoms. The molecule has 0 amide bonds. The van der Waals surface area contributed by atoms with E-state index >= 15 is 0 Å². The third kappa shape index (κ3) is 1.00. The lowest BCUT2D eigenvalue weighted by Crippen LogP contribution is -1.94. The Bertz CT molecular complexity index is 126. The number of hydrogen-bond acceptors (Lipinski definition) is 1. The van der Waals surface area contributed by atoms with Crippen LogP contribution in [0, 0.1) is 11.8 Å². The standard InChI is InChI=1S/C8H12O/c9-8-3-1-6-5-7(6)2-4-8/h6-7H,1-5H2/t6-,7+. The van der Waals surface area contributed by atoms with Crippen LogP contribution in [0.2, 0.25) is 0 Å². The first-order valence-corrected chi connectivity index (χ1v) is 3.88. The molecule has 0 radical (unpaired) electrons. The maximum absolute atomic E-state index is 10.8. The summed E-state index contributed by atoms with van der Waals surface area (Å²) in [7, 11) is 0. The molecule has 2 fully saturated rings. The molecule has 0 aliphatic heterocycles. The number of rotatable bonds is 0. The van der Waals surface area contributed by atoms with Crippen molar-refractivity contribution in [2.24, 2.45) is 11.8 Å². The van der Waals surface area contributed by atoms with Gasteiger partial charge in [0.25, 0.3) is 0 Å². The van der Waals surface area contributed by atoms with Gasteiger partial charge in [0.2, 0.25) is 0 Å². The number of fused-ring (bicyclic) bond motifs is 1. The van der Waals surface area contributed by atoms with E-state index in [1.807, 2.05) is 0 Å². The van der Waals surface area contributed by atoms with E-state index in [1.54, 1.807) is 0 Å². The summed E-state index contributed by atoms with van der Waals surface area (Å²) in [5.41, 5.74) is 0. The minimum absolute atomic E-state index is 0.502. The van der Waals surface area contributed by atoms with E-state index < -0.39 is 0 Å². The summed E-state index contributed by atoms with van der Waals surface area (Å²) in [5, 5.41) is 0. The van der Waals surface area contributed by atoms with Crippen molar-refractivity contribution in [3.63, 3.8) is 0 Å². The van der Waals surface area contributed by atoms with Crippen LogP contribution in [0.5, 0.6) is 0 Å². The predicted octanol–water partition coefficient (Wildman–Crippen LogP) is 1.77. The fourth-order valence-electron chi connectivity index (χ4n) is 1.84. The van der Waals surface area contributed by atoms with E-state index in [9.17, 15) is 4.79 Å². The molecule has 0 aromatic heterocycles. The Kier molecular flexibility index (Phi) is 1.11. The van der Waals surface area contributed by atoms with E-state index in [0.29, 0.717) is 5.78 Å². The number of Topliss-reactive ketones (excluding diaryl/α,β-unsaturated/α-hetero) is 1. The van der Waals surface area contributed by atoms with E-state index in [2.05, 4.69) is 0 Å². The molecular formula is C8H12O. The molecule has 2 aliphatic carbocycles. The van der Waals surface area contributed by atoms with Gasteiger partial charge in [-0.15, -0.1) is 0 Å². The molecule has 0 aromatic carbocycles. The van der Waals surface area contributed by atoms with Crippen molar-refractivity contribution in [1.29, 1.82) is 0 Å². The predicted molar refractivity (Wildman–Crippen MR) is 35.1 cm³/mol. The Morgan fingerprint density at radius 3 is 2.22 bits per heavy atom. The van der Waals surface area contributed by atoms with Gasteiger partial charge in [0.1, 0.15) is 5.78 Å². The second kappa shape index (κ2) is 1.83. The summed E-state index contributed by atoms with van der Waals surface area (Å²) < 4.78 is 0. The summed E-state index contributed by atoms with van der Waals surface area (Å²) in [6, 6.07) is 0. The molecule has 2 atom stereocenters. The summed E-state index contributed by atoms with van der Waals surface area (Å²) in [6.07, 6.45) is 5.57. The molecule has 2 saturated carbocycles. The largest absolute Gasteiger partial charge is 0.300 e. The number of ketones is 1. The molecule has 0 heterocycles. The van der Waals surface area contributed by atoms with Crippen LogP contribution in [0.4, 0.5) is 0 Å². The topological polar surface area (TPSA) is 17.1 Å². The normalized spacial score (nSPS) is 41.6. The Hall–Kier alpha value is -0.330. The molecule has 1 heteroatoms. The quantitative estimate of drug-likeness (QED) is 0.481. The van der Waals surface area contributed by atoms with Crippen molar-refractivity contribution < 1.29 is 4.79 Å². The SMILES string of the molecule is O=C1CC[C@@H]2C[C@@H]2CC1. The highest BCUT2D eigenvalue weighted by Crippen LogP contribution is 2.47. The molecule has 2 aliphatic rings. The van der Waals surface area contributed by atoms with Crippen LogP contribution in [0.3, 0.4) is 0 Å². The van der Waals surface area contributed by atoms with Crippen molar-refractivity contribution in [3.05, 3.63) is 0 Å². The third-order valence-electron chi connectivity index (χ3n) is 2.66. The second-order valence-electron chi connectivity index (χ2n) is 3.37. The van der Waals surface area contributed by atoms with Crippen LogP contribution in [0.15, 0.2) is 0 Å². The number of carbonyl (C=O) groups excluding carboxylic acids is 1. The third-order valence-corrected chi connectivity index (χ3v) is 2.66. The van der Waals surface area contributed by atoms with Crippen LogP contribution in [0.25, 0.3) is 0 Å². The summed E-state index contributed by atoms with van der Waals surface area (Å²) in [5.74, 6) is 2.41. The fourth-order valence-corrected chi connectivity index (χ4v) is 1.84. The monoisotopic (exact) mass is 124 g/mol. The van der Waals surface area contributed by atoms with Gasteiger partial charge in [-0.1, -0.05) is 0 Å². The smallest absolute Gasteiger partial charge is 0.132 e. The van der Waals surface area contributed by atoms with Gasteiger partial charge in [0, 0.05) is 12.8 Å². The van der Waals surface area contributed by atoms with Gasteiger partial charge in [-0.05, 0) is 31.1 Å². The summed E-state index contributed by atoms with van der Waals surface area (Å²) in [4.78, 5) is 10.8. The van der Waals surface area contributed by atoms with Crippen molar-refractivity contribution in [2.45, 2.75) is 32.1 Å². The highest BCUT2D eigenvalue weighted by Gasteiger charge is 2.38. The zero-order valence-corrected chi connectivity index (χ0v) is 5.60. The Morgan fingerprint density at radius 1 is 1.11 bits per heavy atom. The molecule has 0 N–H and O–H groups in total. The Balaban J connectivity index is 1.96. The molecule has 50 valence electrons. The highest BCUT2D eigenvalue weighted by atomic mass is 16.1. The number of carbonyl (C=O) groups is 1. The lowest BCUT2D eigenvalue weighted by molar-refractivity contribution is -0.119. The van der Waals surface area contributed by atoms with E-state index in [4.69, 9.17) is 0 Å². The van der Waals surface area contributed by atoms with Crippen molar-refractivity contribution >= 4 is 5.78 Å². The molecular weight excluding hydrogens is 112 g/mol. The van der Waals surface area contributed by atoms with Gasteiger partial charge >= 0.3 is 0 Å². The zero-order valence-electron chi connectivity index (χ0n) is 5.60. The van der Waals surface area contributed by atoms with Gasteiger partial charge in [0.15, 0.2) is 0 Å². The lowest BCUT2D eigenvalue weighted by Gasteiger charge is -1.91. The highest BCUT2D eigenvalue weighted by molar-refractivity contribution is 5.78. The van der Waals surface area contributed by atoms with Crippen LogP contribution in [0.1, 0.15) is 32.1 Å². The van der Waals surface area contributed by atoms with Gasteiger partial charge in [-0.25, -0.2) is 0 Å². The van der Waals surface area contributed by atoms with Crippen molar-refractivity contribution in [2.75, 3.05) is 0 Å². The van der Waals surface area contributed by atoms with Crippen LogP contribution >= 0.6 is 0 Å². The Morgan fingerprint density at radius 2 is 1.67 bits per heavy atom. The molecule has 2 rings (SSSR count). The average molecular weight is 124 g/mol. The van der Waals surface area contributed by atoms with Crippen molar-refractivity contribution in [1.82, 2.24) is 0 Å². The second-order valence-corrected chi connectivity index (χ2v) is 3.37. The van der Waals surface area contributed by atoms with Crippen molar-refractivity contribution in [3.8, 4) is 0 Å². The molecule has 0 unspecified atom stereocenters. The minimum atomic E-state index is 0.502. The van der Waals surface area contributed by atoms with Crippen LogP contribution in [-0.4, -0.2) is 5.78 Å². The van der Waals surface area contributed by atoms with Gasteiger partial charge in [-0.2, -0.15) is 0 Å². The maximum Gasteiger partial charge on any atom is 0.132 e. The number of hydrogen-bond donors (Lipinski definition) is 0. The summed E-state index contributed by atoms with van der Waals surface area (Å²) in [6.45, 7) is 0. The first-order chi connectivity index (χ1) is 4.36.